The summed E-state index contributed by atoms with van der Waals surface area (Å²) >= 11 is 0. The van der Waals surface area contributed by atoms with Crippen molar-refractivity contribution in [3.8, 4) is 11.1 Å². The van der Waals surface area contributed by atoms with E-state index in [1.807, 2.05) is 24.3 Å². The lowest BCUT2D eigenvalue weighted by molar-refractivity contribution is 0.0697. The van der Waals surface area contributed by atoms with Gasteiger partial charge in [0.15, 0.2) is 5.83 Å². The van der Waals surface area contributed by atoms with Crippen LogP contribution in [0.2, 0.25) is 0 Å². The molecule has 144 valence electrons. The van der Waals surface area contributed by atoms with E-state index in [1.165, 1.54) is 30.2 Å². The van der Waals surface area contributed by atoms with Gasteiger partial charge < -0.3 is 5.11 Å². The van der Waals surface area contributed by atoms with Crippen LogP contribution >= 0.6 is 0 Å². The summed E-state index contributed by atoms with van der Waals surface area (Å²) in [4.78, 5) is 11.6. The van der Waals surface area contributed by atoms with E-state index in [0.29, 0.717) is 17.5 Å². The molecule has 0 bridgehead atoms. The highest BCUT2D eigenvalue weighted by atomic mass is 19.2. The van der Waals surface area contributed by atoms with Crippen LogP contribution in [0.5, 0.6) is 0 Å². The van der Waals surface area contributed by atoms with E-state index in [2.05, 4.69) is 6.92 Å². The number of aromatic carboxylic acids is 1. The fraction of sp³-hybridized carbons (Fsp3) is 0.348. The fourth-order valence-corrected chi connectivity index (χ4v) is 3.02. The maximum absolute atomic E-state index is 14.3. The van der Waals surface area contributed by atoms with Gasteiger partial charge in [0.1, 0.15) is 5.83 Å². The second kappa shape index (κ2) is 10.0. The number of rotatable bonds is 9. The number of hydrogen-bond acceptors (Lipinski definition) is 1. The van der Waals surface area contributed by atoms with Crippen molar-refractivity contribution in [3.63, 3.8) is 0 Å². The standard InChI is InChI=1S/C23H26F2O2/c1-3-5-6-8-16-9-11-17(12-10-16)20-15-18(13-14-19(20)23(26)27)22(25)21(24)7-4-2/h9-15H,3-8H2,1-2H3,(H,26,27)/b22-21+. The van der Waals surface area contributed by atoms with E-state index in [1.54, 1.807) is 6.92 Å². The van der Waals surface area contributed by atoms with Crippen LogP contribution in [-0.2, 0) is 6.42 Å². The molecule has 1 N–H and O–H groups in total. The maximum Gasteiger partial charge on any atom is 0.336 e. The monoisotopic (exact) mass is 372 g/mol. The van der Waals surface area contributed by atoms with Gasteiger partial charge in [0, 0.05) is 12.0 Å². The van der Waals surface area contributed by atoms with Gasteiger partial charge in [-0.3, -0.25) is 0 Å². The van der Waals surface area contributed by atoms with E-state index < -0.39 is 17.6 Å². The zero-order valence-corrected chi connectivity index (χ0v) is 15.9. The largest absolute Gasteiger partial charge is 0.478 e. The molecule has 2 aromatic carbocycles. The predicted octanol–water partition coefficient (Wildman–Crippen LogP) is 7.19. The minimum absolute atomic E-state index is 0.0221. The Morgan fingerprint density at radius 2 is 1.67 bits per heavy atom. The number of allylic oxidation sites excluding steroid dienone is 1. The zero-order valence-electron chi connectivity index (χ0n) is 15.9. The van der Waals surface area contributed by atoms with Gasteiger partial charge in [-0.15, -0.1) is 0 Å². The molecule has 0 amide bonds. The van der Waals surface area contributed by atoms with E-state index in [0.717, 1.165) is 19.3 Å². The first kappa shape index (κ1) is 20.8. The molecule has 27 heavy (non-hydrogen) atoms. The van der Waals surface area contributed by atoms with Crippen LogP contribution in [0, 0.1) is 0 Å². The smallest absolute Gasteiger partial charge is 0.336 e. The first-order chi connectivity index (χ1) is 13.0. The van der Waals surface area contributed by atoms with Gasteiger partial charge in [-0.05, 0) is 48.1 Å². The molecule has 0 saturated carbocycles. The van der Waals surface area contributed by atoms with E-state index in [9.17, 15) is 18.7 Å². The molecule has 0 aliphatic rings. The highest BCUT2D eigenvalue weighted by molar-refractivity contribution is 5.96. The summed E-state index contributed by atoms with van der Waals surface area (Å²) < 4.78 is 28.2. The molecule has 0 spiro atoms. The Morgan fingerprint density at radius 3 is 2.26 bits per heavy atom. The van der Waals surface area contributed by atoms with E-state index in [4.69, 9.17) is 0 Å². The molecule has 0 radical (unpaired) electrons. The number of carboxylic acid groups (broad SMARTS) is 1. The SMILES string of the molecule is CCCCCc1ccc(-c2cc(/C(F)=C(\F)CCC)ccc2C(=O)O)cc1. The van der Waals surface area contributed by atoms with Crippen LogP contribution in [0.25, 0.3) is 17.0 Å². The molecule has 0 atom stereocenters. The lowest BCUT2D eigenvalue weighted by Crippen LogP contribution is -2.00. The fourth-order valence-electron chi connectivity index (χ4n) is 3.02. The van der Waals surface area contributed by atoms with Crippen LogP contribution < -0.4 is 0 Å². The van der Waals surface area contributed by atoms with Gasteiger partial charge in [-0.1, -0.05) is 57.0 Å². The van der Waals surface area contributed by atoms with Crippen LogP contribution in [0.15, 0.2) is 48.3 Å². The summed E-state index contributed by atoms with van der Waals surface area (Å²) in [6.45, 7) is 3.92. The number of halogens is 2. The molecule has 0 fully saturated rings. The zero-order chi connectivity index (χ0) is 19.8. The molecule has 4 heteroatoms. The number of carbonyl (C=O) groups is 1. The normalized spacial score (nSPS) is 12.0. The molecule has 0 aliphatic heterocycles. The second-order valence-electron chi connectivity index (χ2n) is 6.69. The number of carboxylic acids is 1. The van der Waals surface area contributed by atoms with Crippen molar-refractivity contribution in [2.24, 2.45) is 0 Å². The first-order valence-electron chi connectivity index (χ1n) is 9.49. The van der Waals surface area contributed by atoms with Crippen LogP contribution in [-0.4, -0.2) is 11.1 Å². The van der Waals surface area contributed by atoms with Gasteiger partial charge >= 0.3 is 5.97 Å². The molecule has 0 saturated heterocycles. The summed E-state index contributed by atoms with van der Waals surface area (Å²) in [6.07, 6.45) is 4.92. The van der Waals surface area contributed by atoms with Crippen molar-refractivity contribution < 1.29 is 18.7 Å². The summed E-state index contributed by atoms with van der Waals surface area (Å²) in [5.74, 6) is -2.83. The molecule has 2 rings (SSSR count). The Balaban J connectivity index is 2.40. The van der Waals surface area contributed by atoms with Gasteiger partial charge in [0.2, 0.25) is 0 Å². The molecule has 2 aromatic rings. The van der Waals surface area contributed by atoms with Gasteiger partial charge in [0.25, 0.3) is 0 Å². The third kappa shape index (κ3) is 5.49. The van der Waals surface area contributed by atoms with Crippen molar-refractivity contribution in [2.75, 3.05) is 0 Å². The summed E-state index contributed by atoms with van der Waals surface area (Å²) in [6, 6.07) is 11.7. The number of unbranched alkanes of at least 4 members (excludes halogenated alkanes) is 2. The Hall–Kier alpha value is -2.49. The number of benzene rings is 2. The Kier molecular flexibility index (Phi) is 7.71. The molecular weight excluding hydrogens is 346 g/mol. The molecule has 0 unspecified atom stereocenters. The second-order valence-corrected chi connectivity index (χ2v) is 6.69. The highest BCUT2D eigenvalue weighted by Crippen LogP contribution is 2.31. The molecule has 0 aromatic heterocycles. The Bertz CT molecular complexity index is 808. The minimum atomic E-state index is -1.10. The van der Waals surface area contributed by atoms with Gasteiger partial charge in [-0.25, -0.2) is 13.6 Å². The van der Waals surface area contributed by atoms with Gasteiger partial charge in [0.05, 0.1) is 5.56 Å². The van der Waals surface area contributed by atoms with Crippen molar-refractivity contribution in [3.05, 3.63) is 65.0 Å². The third-order valence-electron chi connectivity index (χ3n) is 4.55. The summed E-state index contributed by atoms with van der Waals surface area (Å²) in [5, 5.41) is 9.47. The lowest BCUT2D eigenvalue weighted by atomic mass is 9.95. The van der Waals surface area contributed by atoms with Crippen molar-refractivity contribution in [2.45, 2.75) is 52.4 Å². The van der Waals surface area contributed by atoms with Crippen LogP contribution in [0.4, 0.5) is 8.78 Å². The summed E-state index contributed by atoms with van der Waals surface area (Å²) in [7, 11) is 0. The predicted molar refractivity (Wildman–Crippen MR) is 106 cm³/mol. The average Bonchev–Trinajstić information content (AvgIpc) is 2.67. The summed E-state index contributed by atoms with van der Waals surface area (Å²) in [5.41, 5.74) is 2.38. The quantitative estimate of drug-likeness (QED) is 0.473. The van der Waals surface area contributed by atoms with E-state index >= 15 is 0 Å². The van der Waals surface area contributed by atoms with Crippen LogP contribution in [0.1, 0.15) is 67.4 Å². The first-order valence-corrected chi connectivity index (χ1v) is 9.49. The molecule has 2 nitrogen and oxygen atoms in total. The third-order valence-corrected chi connectivity index (χ3v) is 4.55. The number of aryl methyl sites for hydroxylation is 1. The van der Waals surface area contributed by atoms with Crippen LogP contribution in [0.3, 0.4) is 0 Å². The lowest BCUT2D eigenvalue weighted by Gasteiger charge is -2.10. The van der Waals surface area contributed by atoms with E-state index in [-0.39, 0.29) is 17.5 Å². The molecule has 0 aliphatic carbocycles. The van der Waals surface area contributed by atoms with Crippen molar-refractivity contribution in [1.29, 1.82) is 0 Å². The minimum Gasteiger partial charge on any atom is -0.478 e. The molecule has 0 heterocycles. The Labute approximate surface area is 159 Å². The number of hydrogen-bond donors (Lipinski definition) is 1. The topological polar surface area (TPSA) is 37.3 Å². The molecular formula is C23H26F2O2. The van der Waals surface area contributed by atoms with Crippen molar-refractivity contribution >= 4 is 11.8 Å². The highest BCUT2D eigenvalue weighted by Gasteiger charge is 2.16. The Morgan fingerprint density at radius 1 is 0.963 bits per heavy atom. The maximum atomic E-state index is 14.3. The van der Waals surface area contributed by atoms with Crippen molar-refractivity contribution in [1.82, 2.24) is 0 Å². The van der Waals surface area contributed by atoms with Gasteiger partial charge in [-0.2, -0.15) is 0 Å². The average molecular weight is 372 g/mol.